The molecule has 0 bridgehead atoms. The van der Waals surface area contributed by atoms with Crippen molar-refractivity contribution >= 4 is 0 Å². The quantitative estimate of drug-likeness (QED) is 0.324. The van der Waals surface area contributed by atoms with E-state index in [0.717, 1.165) is 11.4 Å². The Bertz CT molecular complexity index is 686. The Balaban J connectivity index is 0.000000233. The van der Waals surface area contributed by atoms with Gasteiger partial charge in [0.25, 0.3) is 0 Å². The number of nitrogens with zero attached hydrogens (tertiary/aromatic N) is 2. The fourth-order valence-electron chi connectivity index (χ4n) is 1.99. The van der Waals surface area contributed by atoms with Gasteiger partial charge in [-0.25, -0.2) is 24.3 Å². The molecule has 25 heavy (non-hydrogen) atoms. The molecule has 127 valence electrons. The normalized spacial score (nSPS) is 8.88. The predicted octanol–water partition coefficient (Wildman–Crippen LogP) is 5.57. The van der Waals surface area contributed by atoms with E-state index in [1.807, 2.05) is 97.3 Å². The van der Waals surface area contributed by atoms with Gasteiger partial charge in [-0.3, -0.25) is 9.97 Å². The van der Waals surface area contributed by atoms with Gasteiger partial charge in [-0.2, -0.15) is 36.4 Å². The molecule has 3 heteroatoms. The molecule has 2 nitrogen and oxygen atoms in total. The van der Waals surface area contributed by atoms with Crippen LogP contribution in [0.5, 0.6) is 0 Å². The average molecular weight is 369 g/mol. The summed E-state index contributed by atoms with van der Waals surface area (Å²) in [5.74, 6) is 0. The molecule has 0 aliphatic heterocycles. The van der Waals surface area contributed by atoms with Crippen LogP contribution in [0.15, 0.2) is 97.3 Å². The van der Waals surface area contributed by atoms with E-state index in [1.54, 1.807) is 0 Å². The van der Waals surface area contributed by atoms with Gasteiger partial charge >= 0.3 is 17.1 Å². The van der Waals surface area contributed by atoms with Crippen LogP contribution >= 0.6 is 0 Å². The molecule has 0 saturated carbocycles. The van der Waals surface area contributed by atoms with Crippen LogP contribution in [-0.4, -0.2) is 9.97 Å². The van der Waals surface area contributed by atoms with Gasteiger partial charge in [0.1, 0.15) is 0 Å². The third kappa shape index (κ3) is 8.25. The van der Waals surface area contributed by atoms with E-state index in [1.165, 1.54) is 11.1 Å². The number of rotatable bonds is 1. The molecule has 2 aromatic carbocycles. The molecule has 2 heterocycles. The summed E-state index contributed by atoms with van der Waals surface area (Å²) in [7, 11) is 0. The van der Waals surface area contributed by atoms with Crippen molar-refractivity contribution < 1.29 is 17.1 Å². The second-order valence-corrected chi connectivity index (χ2v) is 5.36. The van der Waals surface area contributed by atoms with Crippen LogP contribution in [0.1, 0.15) is 11.1 Å². The molecule has 0 fully saturated rings. The minimum absolute atomic E-state index is 0. The topological polar surface area (TPSA) is 25.8 Å². The summed E-state index contributed by atoms with van der Waals surface area (Å²) in [6, 6.07) is 28.1. The van der Waals surface area contributed by atoms with Crippen molar-refractivity contribution in [2.24, 2.45) is 0 Å². The van der Waals surface area contributed by atoms with Crippen LogP contribution in [0.25, 0.3) is 11.4 Å². The molecular weight excluding hydrogens is 347 g/mol. The van der Waals surface area contributed by atoms with Crippen molar-refractivity contribution in [1.29, 1.82) is 0 Å². The Morgan fingerprint density at radius 2 is 1.00 bits per heavy atom. The molecule has 0 amide bonds. The standard InChI is InChI=1S/C12H12N2.2C5H5.Mn/c1-9-3-5-13-11(7-9)12-8-10(2)4-6-14-12;2*1-2-4-5-3-1;/h3-8H,1-2H3;2*1-5H;/q;2*-1;+2. The first-order chi connectivity index (χ1) is 11.8. The maximum atomic E-state index is 4.29. The van der Waals surface area contributed by atoms with E-state index in [4.69, 9.17) is 0 Å². The average Bonchev–Trinajstić information content (AvgIpc) is 3.33. The Morgan fingerprint density at radius 1 is 0.640 bits per heavy atom. The first-order valence-electron chi connectivity index (χ1n) is 7.95. The van der Waals surface area contributed by atoms with E-state index in [9.17, 15) is 0 Å². The molecule has 0 N–H and O–H groups in total. The molecule has 0 aliphatic rings. The van der Waals surface area contributed by atoms with Gasteiger partial charge in [-0.15, -0.1) is 0 Å². The number of hydrogen-bond acceptors (Lipinski definition) is 2. The number of hydrogen-bond donors (Lipinski definition) is 0. The van der Waals surface area contributed by atoms with E-state index < -0.39 is 0 Å². The van der Waals surface area contributed by atoms with E-state index >= 15 is 0 Å². The Labute approximate surface area is 160 Å². The maximum absolute atomic E-state index is 4.29. The zero-order valence-electron chi connectivity index (χ0n) is 14.5. The minimum atomic E-state index is 0. The first kappa shape index (κ1) is 20.6. The van der Waals surface area contributed by atoms with Crippen LogP contribution in [0.4, 0.5) is 0 Å². The zero-order chi connectivity index (χ0) is 17.0. The van der Waals surface area contributed by atoms with Gasteiger partial charge in [0, 0.05) is 12.4 Å². The molecule has 0 saturated heterocycles. The Kier molecular flexibility index (Phi) is 9.84. The minimum Gasteiger partial charge on any atom is -0.255 e. The second-order valence-electron chi connectivity index (χ2n) is 5.36. The number of aryl methyl sites for hydroxylation is 2. The molecule has 4 aromatic rings. The van der Waals surface area contributed by atoms with Gasteiger partial charge in [0.2, 0.25) is 0 Å². The van der Waals surface area contributed by atoms with Gasteiger partial charge in [0.15, 0.2) is 0 Å². The van der Waals surface area contributed by atoms with Crippen LogP contribution in [0.2, 0.25) is 0 Å². The fraction of sp³-hybridized carbons (Fsp3) is 0.0909. The first-order valence-corrected chi connectivity index (χ1v) is 7.95. The molecule has 1 radical (unpaired) electrons. The van der Waals surface area contributed by atoms with Crippen molar-refractivity contribution in [3.63, 3.8) is 0 Å². The molecule has 0 atom stereocenters. The monoisotopic (exact) mass is 369 g/mol. The predicted molar refractivity (Wildman–Crippen MR) is 101 cm³/mol. The zero-order valence-corrected chi connectivity index (χ0v) is 15.7. The molecule has 4 rings (SSSR count). The van der Waals surface area contributed by atoms with Crippen LogP contribution in [0.3, 0.4) is 0 Å². The SMILES string of the molecule is Cc1ccnc(-c2cc(C)ccn2)c1.[Mn+2].c1cc[cH-]c1.c1cc[cH-]c1. The summed E-state index contributed by atoms with van der Waals surface area (Å²) in [6.07, 6.45) is 3.63. The molecule has 0 aliphatic carbocycles. The Morgan fingerprint density at radius 3 is 1.24 bits per heavy atom. The van der Waals surface area contributed by atoms with E-state index in [2.05, 4.69) is 23.8 Å². The van der Waals surface area contributed by atoms with Gasteiger partial charge in [0.05, 0.1) is 11.4 Å². The fourth-order valence-corrected chi connectivity index (χ4v) is 1.99. The summed E-state index contributed by atoms with van der Waals surface area (Å²) in [6.45, 7) is 4.11. The van der Waals surface area contributed by atoms with Crippen molar-refractivity contribution in [3.8, 4) is 11.4 Å². The van der Waals surface area contributed by atoms with Crippen LogP contribution < -0.4 is 0 Å². The van der Waals surface area contributed by atoms with Crippen molar-refractivity contribution in [2.45, 2.75) is 13.8 Å². The maximum Gasteiger partial charge on any atom is 2.00 e. The Hall–Kier alpha value is -2.48. The summed E-state index contributed by atoms with van der Waals surface area (Å²) < 4.78 is 0. The summed E-state index contributed by atoms with van der Waals surface area (Å²) >= 11 is 0. The third-order valence-electron chi connectivity index (χ3n) is 3.20. The number of aromatic nitrogens is 2. The van der Waals surface area contributed by atoms with E-state index in [0.29, 0.717) is 0 Å². The largest absolute Gasteiger partial charge is 2.00 e. The number of pyridine rings is 2. The van der Waals surface area contributed by atoms with Gasteiger partial charge in [-0.05, 0) is 49.2 Å². The summed E-state index contributed by atoms with van der Waals surface area (Å²) in [4.78, 5) is 8.58. The third-order valence-corrected chi connectivity index (χ3v) is 3.20. The second kappa shape index (κ2) is 12.0. The smallest absolute Gasteiger partial charge is 0.255 e. The van der Waals surface area contributed by atoms with Gasteiger partial charge in [-0.1, -0.05) is 0 Å². The van der Waals surface area contributed by atoms with Gasteiger partial charge < -0.3 is 0 Å². The molecule has 0 spiro atoms. The van der Waals surface area contributed by atoms with Crippen LogP contribution in [0, 0.1) is 13.8 Å². The van der Waals surface area contributed by atoms with E-state index in [-0.39, 0.29) is 17.1 Å². The van der Waals surface area contributed by atoms with Crippen molar-refractivity contribution in [3.05, 3.63) is 108 Å². The molecule has 0 unspecified atom stereocenters. The summed E-state index contributed by atoms with van der Waals surface area (Å²) in [5, 5.41) is 0. The van der Waals surface area contributed by atoms with Crippen molar-refractivity contribution in [1.82, 2.24) is 9.97 Å². The van der Waals surface area contributed by atoms with Crippen LogP contribution in [-0.2, 0) is 17.1 Å². The molecular formula is C22H22MnN2. The van der Waals surface area contributed by atoms with Crippen molar-refractivity contribution in [2.75, 3.05) is 0 Å². The molecule has 2 aromatic heterocycles. The summed E-state index contributed by atoms with van der Waals surface area (Å²) in [5.41, 5.74) is 4.29.